The van der Waals surface area contributed by atoms with E-state index in [9.17, 15) is 0 Å². The molecule has 0 heterocycles. The van der Waals surface area contributed by atoms with E-state index in [4.69, 9.17) is 9.47 Å². The molecule has 1 aromatic rings. The lowest BCUT2D eigenvalue weighted by atomic mass is 9.86. The molecular formula is C15H25NO2. The molecule has 102 valence electrons. The smallest absolute Gasteiger partial charge is 0.126 e. The molecule has 0 saturated heterocycles. The van der Waals surface area contributed by atoms with Crippen LogP contribution in [0.1, 0.15) is 32.3 Å². The molecule has 0 spiro atoms. The molecule has 0 aliphatic carbocycles. The van der Waals surface area contributed by atoms with E-state index in [1.807, 2.05) is 19.2 Å². The third-order valence-corrected chi connectivity index (χ3v) is 3.52. The molecule has 3 heteroatoms. The van der Waals surface area contributed by atoms with Gasteiger partial charge in [-0.05, 0) is 24.6 Å². The van der Waals surface area contributed by atoms with Crippen molar-refractivity contribution in [2.45, 2.75) is 32.7 Å². The Morgan fingerprint density at radius 1 is 1.06 bits per heavy atom. The first-order valence-electron chi connectivity index (χ1n) is 6.44. The fourth-order valence-corrected chi connectivity index (χ4v) is 2.55. The number of hydrogen-bond acceptors (Lipinski definition) is 3. The molecule has 1 rings (SSSR count). The Morgan fingerprint density at radius 3 is 2.17 bits per heavy atom. The average molecular weight is 251 g/mol. The molecule has 0 radical (unpaired) electrons. The van der Waals surface area contributed by atoms with Crippen molar-refractivity contribution in [1.82, 2.24) is 5.32 Å². The minimum absolute atomic E-state index is 0.385. The Balaban J connectivity index is 3.07. The predicted octanol–water partition coefficient (Wildman–Crippen LogP) is 3.05. The van der Waals surface area contributed by atoms with Gasteiger partial charge in [0.25, 0.3) is 0 Å². The minimum atomic E-state index is 0.385. The van der Waals surface area contributed by atoms with E-state index in [0.29, 0.717) is 17.9 Å². The molecule has 0 saturated carbocycles. The lowest BCUT2D eigenvalue weighted by Crippen LogP contribution is -2.35. The maximum Gasteiger partial charge on any atom is 0.126 e. The normalized spacial score (nSPS) is 14.4. The van der Waals surface area contributed by atoms with Gasteiger partial charge in [-0.15, -0.1) is 0 Å². The van der Waals surface area contributed by atoms with E-state index < -0.39 is 0 Å². The lowest BCUT2D eigenvalue weighted by molar-refractivity contribution is 0.355. The van der Waals surface area contributed by atoms with Crippen molar-refractivity contribution in [3.63, 3.8) is 0 Å². The van der Waals surface area contributed by atoms with Gasteiger partial charge in [-0.1, -0.05) is 26.8 Å². The van der Waals surface area contributed by atoms with E-state index in [-0.39, 0.29) is 0 Å². The van der Waals surface area contributed by atoms with Crippen LogP contribution in [0.3, 0.4) is 0 Å². The molecule has 1 aromatic carbocycles. The monoisotopic (exact) mass is 251 g/mol. The van der Waals surface area contributed by atoms with Crippen LogP contribution >= 0.6 is 0 Å². The second kappa shape index (κ2) is 6.64. The standard InChI is InChI=1S/C15H25NO2/c1-10(2)15(16-4)11(3)13-8-7-12(17-5)9-14(13)18-6/h7-11,15-16H,1-6H3. The topological polar surface area (TPSA) is 30.5 Å². The average Bonchev–Trinajstić information content (AvgIpc) is 2.38. The van der Waals surface area contributed by atoms with E-state index >= 15 is 0 Å². The Kier molecular flexibility index (Phi) is 5.48. The van der Waals surface area contributed by atoms with Crippen molar-refractivity contribution in [3.05, 3.63) is 23.8 Å². The van der Waals surface area contributed by atoms with Gasteiger partial charge in [-0.3, -0.25) is 0 Å². The van der Waals surface area contributed by atoms with Crippen LogP contribution in [0.4, 0.5) is 0 Å². The number of nitrogens with one attached hydrogen (secondary N) is 1. The van der Waals surface area contributed by atoms with E-state index in [1.54, 1.807) is 14.2 Å². The van der Waals surface area contributed by atoms with Gasteiger partial charge in [0.1, 0.15) is 11.5 Å². The first-order valence-corrected chi connectivity index (χ1v) is 6.44. The van der Waals surface area contributed by atoms with Crippen molar-refractivity contribution in [1.29, 1.82) is 0 Å². The van der Waals surface area contributed by atoms with Gasteiger partial charge in [0.15, 0.2) is 0 Å². The van der Waals surface area contributed by atoms with Gasteiger partial charge in [-0.2, -0.15) is 0 Å². The summed E-state index contributed by atoms with van der Waals surface area (Å²) in [5, 5.41) is 3.39. The van der Waals surface area contributed by atoms with Crippen LogP contribution in [0, 0.1) is 5.92 Å². The molecule has 1 N–H and O–H groups in total. The first kappa shape index (κ1) is 14.8. The zero-order valence-corrected chi connectivity index (χ0v) is 12.3. The van der Waals surface area contributed by atoms with Gasteiger partial charge < -0.3 is 14.8 Å². The largest absolute Gasteiger partial charge is 0.497 e. The third kappa shape index (κ3) is 3.16. The van der Waals surface area contributed by atoms with Crippen LogP contribution < -0.4 is 14.8 Å². The summed E-state index contributed by atoms with van der Waals surface area (Å²) in [6, 6.07) is 6.45. The van der Waals surface area contributed by atoms with Gasteiger partial charge in [0.05, 0.1) is 14.2 Å². The van der Waals surface area contributed by atoms with Gasteiger partial charge in [-0.25, -0.2) is 0 Å². The molecule has 2 atom stereocenters. The van der Waals surface area contributed by atoms with Gasteiger partial charge in [0.2, 0.25) is 0 Å². The Hall–Kier alpha value is -1.22. The fraction of sp³-hybridized carbons (Fsp3) is 0.600. The molecule has 0 bridgehead atoms. The summed E-state index contributed by atoms with van der Waals surface area (Å²) in [5.41, 5.74) is 1.21. The van der Waals surface area contributed by atoms with E-state index in [1.165, 1.54) is 5.56 Å². The number of likely N-dealkylation sites (N-methyl/N-ethyl adjacent to an activating group) is 1. The van der Waals surface area contributed by atoms with Crippen molar-refractivity contribution < 1.29 is 9.47 Å². The lowest BCUT2D eigenvalue weighted by Gasteiger charge is -2.28. The van der Waals surface area contributed by atoms with Crippen molar-refractivity contribution in [3.8, 4) is 11.5 Å². The predicted molar refractivity (Wildman–Crippen MR) is 75.6 cm³/mol. The number of benzene rings is 1. The molecule has 3 nitrogen and oxygen atoms in total. The maximum absolute atomic E-state index is 5.48. The highest BCUT2D eigenvalue weighted by atomic mass is 16.5. The maximum atomic E-state index is 5.48. The Morgan fingerprint density at radius 2 is 1.72 bits per heavy atom. The summed E-state index contributed by atoms with van der Waals surface area (Å²) in [4.78, 5) is 0. The molecule has 18 heavy (non-hydrogen) atoms. The van der Waals surface area contributed by atoms with E-state index in [0.717, 1.165) is 11.5 Å². The minimum Gasteiger partial charge on any atom is -0.497 e. The summed E-state index contributed by atoms with van der Waals surface area (Å²) in [6.07, 6.45) is 0. The molecule has 0 fully saturated rings. The van der Waals surface area contributed by atoms with E-state index in [2.05, 4.69) is 32.2 Å². The number of methoxy groups -OCH3 is 2. The Bertz CT molecular complexity index is 377. The molecule has 0 aromatic heterocycles. The second-order valence-electron chi connectivity index (χ2n) is 4.96. The van der Waals surface area contributed by atoms with Crippen LogP contribution in [-0.4, -0.2) is 27.3 Å². The van der Waals surface area contributed by atoms with Gasteiger partial charge >= 0.3 is 0 Å². The van der Waals surface area contributed by atoms with Gasteiger partial charge in [0, 0.05) is 18.0 Å². The van der Waals surface area contributed by atoms with Crippen LogP contribution in [0.15, 0.2) is 18.2 Å². The summed E-state index contributed by atoms with van der Waals surface area (Å²) in [7, 11) is 5.38. The first-order chi connectivity index (χ1) is 8.54. The van der Waals surface area contributed by atoms with Crippen molar-refractivity contribution in [2.24, 2.45) is 5.92 Å². The van der Waals surface area contributed by atoms with Crippen molar-refractivity contribution in [2.75, 3.05) is 21.3 Å². The highest BCUT2D eigenvalue weighted by Gasteiger charge is 2.23. The molecule has 2 unspecified atom stereocenters. The Labute approximate surface area is 110 Å². The molecule has 0 amide bonds. The third-order valence-electron chi connectivity index (χ3n) is 3.52. The molecular weight excluding hydrogens is 226 g/mol. The van der Waals surface area contributed by atoms with Crippen LogP contribution in [-0.2, 0) is 0 Å². The summed E-state index contributed by atoms with van der Waals surface area (Å²) < 4.78 is 10.7. The SMILES string of the molecule is CNC(C(C)C)C(C)c1ccc(OC)cc1OC. The quantitative estimate of drug-likeness (QED) is 0.843. The molecule has 0 aliphatic heterocycles. The second-order valence-corrected chi connectivity index (χ2v) is 4.96. The van der Waals surface area contributed by atoms with Crippen LogP contribution in [0.2, 0.25) is 0 Å². The number of hydrogen-bond donors (Lipinski definition) is 1. The zero-order valence-electron chi connectivity index (χ0n) is 12.3. The van der Waals surface area contributed by atoms with Crippen LogP contribution in [0.25, 0.3) is 0 Å². The highest BCUT2D eigenvalue weighted by molar-refractivity contribution is 5.43. The summed E-state index contributed by atoms with van der Waals surface area (Å²) >= 11 is 0. The van der Waals surface area contributed by atoms with Crippen molar-refractivity contribution >= 4 is 0 Å². The number of ether oxygens (including phenoxy) is 2. The summed E-state index contributed by atoms with van der Waals surface area (Å²) in [6.45, 7) is 6.69. The van der Waals surface area contributed by atoms with Crippen LogP contribution in [0.5, 0.6) is 11.5 Å². The highest BCUT2D eigenvalue weighted by Crippen LogP contribution is 2.33. The fourth-order valence-electron chi connectivity index (χ4n) is 2.55. The summed E-state index contributed by atoms with van der Waals surface area (Å²) in [5.74, 6) is 2.67. The zero-order chi connectivity index (χ0) is 13.7. The molecule has 0 aliphatic rings. The number of rotatable bonds is 6.